The molecule has 1 nitrogen and oxygen atoms in total. The van der Waals surface area contributed by atoms with Gasteiger partial charge in [-0.3, -0.25) is 0 Å². The summed E-state index contributed by atoms with van der Waals surface area (Å²) in [5, 5.41) is 0. The van der Waals surface area contributed by atoms with Crippen LogP contribution in [0, 0.1) is 11.8 Å². The van der Waals surface area contributed by atoms with Crippen molar-refractivity contribution >= 4 is 27.8 Å². The molecule has 0 saturated heterocycles. The summed E-state index contributed by atoms with van der Waals surface area (Å²) in [5.74, 6) is 1.19. The predicted octanol–water partition coefficient (Wildman–Crippen LogP) is 3.14. The molecule has 0 spiro atoms. The smallest absolute Gasteiger partial charge is 0.209 e. The van der Waals surface area contributed by atoms with E-state index in [2.05, 4.69) is 27.7 Å². The van der Waals surface area contributed by atoms with Gasteiger partial charge in [0.05, 0.1) is 0 Å². The molecule has 0 amide bonds. The molecule has 0 aliphatic rings. The van der Waals surface area contributed by atoms with Crippen LogP contribution in [0.5, 0.6) is 0 Å². The molecule has 0 atom stereocenters. The SMILES string of the molecule is CC(C)C[N+](CC(C)C)=C(Cl)Cl. The van der Waals surface area contributed by atoms with E-state index in [9.17, 15) is 0 Å². The predicted molar refractivity (Wildman–Crippen MR) is 56.4 cm³/mol. The summed E-state index contributed by atoms with van der Waals surface area (Å²) in [6.07, 6.45) is 0. The van der Waals surface area contributed by atoms with Crippen LogP contribution >= 0.6 is 23.2 Å². The highest BCUT2D eigenvalue weighted by Gasteiger charge is 2.13. The fraction of sp³-hybridized carbons (Fsp3) is 0.889. The van der Waals surface area contributed by atoms with Crippen LogP contribution in [0.2, 0.25) is 0 Å². The van der Waals surface area contributed by atoms with Crippen LogP contribution in [-0.2, 0) is 0 Å². The first-order valence-electron chi connectivity index (χ1n) is 4.36. The maximum absolute atomic E-state index is 5.74. The van der Waals surface area contributed by atoms with E-state index < -0.39 is 0 Å². The van der Waals surface area contributed by atoms with Crippen molar-refractivity contribution in [3.05, 3.63) is 0 Å². The van der Waals surface area contributed by atoms with Gasteiger partial charge in [-0.05, 0) is 0 Å². The van der Waals surface area contributed by atoms with E-state index in [-0.39, 0.29) is 0 Å². The highest BCUT2D eigenvalue weighted by Crippen LogP contribution is 2.02. The third kappa shape index (κ3) is 5.84. The largest absolute Gasteiger partial charge is 0.341 e. The number of hydrogen-bond donors (Lipinski definition) is 0. The van der Waals surface area contributed by atoms with E-state index in [1.54, 1.807) is 0 Å². The molecule has 12 heavy (non-hydrogen) atoms. The lowest BCUT2D eigenvalue weighted by atomic mass is 10.2. The summed E-state index contributed by atoms with van der Waals surface area (Å²) < 4.78 is 2.40. The second-order valence-electron chi connectivity index (χ2n) is 3.93. The molecule has 0 aromatic rings. The molecule has 0 fully saturated rings. The Bertz CT molecular complexity index is 146. The van der Waals surface area contributed by atoms with Gasteiger partial charge in [0.2, 0.25) is 0 Å². The van der Waals surface area contributed by atoms with Crippen LogP contribution in [-0.4, -0.2) is 22.3 Å². The number of rotatable bonds is 4. The van der Waals surface area contributed by atoms with E-state index in [1.165, 1.54) is 0 Å². The molecule has 0 aliphatic heterocycles. The molecule has 0 bridgehead atoms. The first kappa shape index (κ1) is 12.2. The topological polar surface area (TPSA) is 3.01 Å². The van der Waals surface area contributed by atoms with Crippen molar-refractivity contribution in [3.63, 3.8) is 0 Å². The van der Waals surface area contributed by atoms with Crippen LogP contribution in [0.15, 0.2) is 0 Å². The number of halogens is 2. The molecule has 0 unspecified atom stereocenters. The lowest BCUT2D eigenvalue weighted by molar-refractivity contribution is -0.535. The van der Waals surface area contributed by atoms with E-state index in [0.717, 1.165) is 13.1 Å². The molecular formula is C9H18Cl2N+. The number of nitrogens with zero attached hydrogens (tertiary/aromatic N) is 1. The zero-order valence-corrected chi connectivity index (χ0v) is 9.78. The highest BCUT2D eigenvalue weighted by molar-refractivity contribution is 6.94. The number of hydrogen-bond acceptors (Lipinski definition) is 0. The summed E-state index contributed by atoms with van der Waals surface area (Å²) in [4.78, 5) is 0. The van der Waals surface area contributed by atoms with Gasteiger partial charge in [-0.2, -0.15) is 0 Å². The fourth-order valence-electron chi connectivity index (χ4n) is 1.09. The van der Waals surface area contributed by atoms with Gasteiger partial charge in [-0.25, -0.2) is 4.58 Å². The summed E-state index contributed by atoms with van der Waals surface area (Å²) in [6, 6.07) is 0. The van der Waals surface area contributed by atoms with Crippen molar-refractivity contribution in [2.24, 2.45) is 11.8 Å². The second kappa shape index (κ2) is 5.82. The van der Waals surface area contributed by atoms with Crippen LogP contribution in [0.3, 0.4) is 0 Å². The maximum Gasteiger partial charge on any atom is 0.341 e. The minimum Gasteiger partial charge on any atom is -0.209 e. The first-order valence-corrected chi connectivity index (χ1v) is 5.12. The lowest BCUT2D eigenvalue weighted by Gasteiger charge is -2.08. The lowest BCUT2D eigenvalue weighted by Crippen LogP contribution is -2.24. The minimum absolute atomic E-state index is 0.386. The van der Waals surface area contributed by atoms with Crippen molar-refractivity contribution in [2.75, 3.05) is 13.1 Å². The second-order valence-corrected chi connectivity index (χ2v) is 4.84. The molecule has 0 heterocycles. The quantitative estimate of drug-likeness (QED) is 0.496. The van der Waals surface area contributed by atoms with Gasteiger partial charge in [-0.1, -0.05) is 27.7 Å². The molecule has 0 aromatic heterocycles. The maximum atomic E-state index is 5.74. The summed E-state index contributed by atoms with van der Waals surface area (Å²) in [6.45, 7) is 10.5. The van der Waals surface area contributed by atoms with Crippen LogP contribution < -0.4 is 0 Å². The monoisotopic (exact) mass is 210 g/mol. The van der Waals surface area contributed by atoms with Crippen LogP contribution in [0.1, 0.15) is 27.7 Å². The minimum atomic E-state index is 0.386. The van der Waals surface area contributed by atoms with Crippen molar-refractivity contribution in [1.82, 2.24) is 0 Å². The zero-order valence-electron chi connectivity index (χ0n) is 8.27. The summed E-state index contributed by atoms with van der Waals surface area (Å²) in [5.41, 5.74) is 0. The summed E-state index contributed by atoms with van der Waals surface area (Å²) in [7, 11) is 0. The van der Waals surface area contributed by atoms with Crippen LogP contribution in [0.4, 0.5) is 0 Å². The first-order chi connectivity index (χ1) is 5.43. The van der Waals surface area contributed by atoms with Gasteiger partial charge in [0, 0.05) is 35.0 Å². The normalized spacial score (nSPS) is 11.0. The van der Waals surface area contributed by atoms with Gasteiger partial charge in [-0.15, -0.1) is 0 Å². The summed E-state index contributed by atoms with van der Waals surface area (Å²) >= 11 is 11.5. The Kier molecular flexibility index (Phi) is 5.94. The Morgan fingerprint density at radius 1 is 1.00 bits per heavy atom. The van der Waals surface area contributed by atoms with E-state index in [4.69, 9.17) is 23.2 Å². The van der Waals surface area contributed by atoms with E-state index in [0.29, 0.717) is 16.5 Å². The fourth-order valence-corrected chi connectivity index (χ4v) is 1.37. The third-order valence-electron chi connectivity index (χ3n) is 1.41. The third-order valence-corrected chi connectivity index (χ3v) is 1.89. The molecule has 0 saturated carbocycles. The van der Waals surface area contributed by atoms with Gasteiger partial charge < -0.3 is 0 Å². The van der Waals surface area contributed by atoms with Gasteiger partial charge in [0.15, 0.2) is 0 Å². The standard InChI is InChI=1S/C9H18Cl2N/c1-7(2)5-12(9(10)11)6-8(3)4/h7-8H,5-6H2,1-4H3/q+1. The average molecular weight is 211 g/mol. The van der Waals surface area contributed by atoms with E-state index >= 15 is 0 Å². The molecule has 0 aromatic carbocycles. The molecule has 0 rings (SSSR count). The highest BCUT2D eigenvalue weighted by atomic mass is 35.5. The van der Waals surface area contributed by atoms with Gasteiger partial charge >= 0.3 is 4.63 Å². The van der Waals surface area contributed by atoms with Crippen molar-refractivity contribution in [2.45, 2.75) is 27.7 Å². The van der Waals surface area contributed by atoms with Crippen molar-refractivity contribution < 1.29 is 4.58 Å². The van der Waals surface area contributed by atoms with Gasteiger partial charge in [0.25, 0.3) is 0 Å². The van der Waals surface area contributed by atoms with Gasteiger partial charge in [0.1, 0.15) is 13.1 Å². The molecule has 0 aliphatic carbocycles. The average Bonchev–Trinajstić information content (AvgIpc) is 1.83. The van der Waals surface area contributed by atoms with Crippen LogP contribution in [0.25, 0.3) is 0 Å². The Morgan fingerprint density at radius 2 is 1.33 bits per heavy atom. The molecule has 0 radical (unpaired) electrons. The van der Waals surface area contributed by atoms with Crippen molar-refractivity contribution in [1.29, 1.82) is 0 Å². The molecule has 3 heteroatoms. The van der Waals surface area contributed by atoms with Crippen molar-refractivity contribution in [3.8, 4) is 0 Å². The molecule has 0 N–H and O–H groups in total. The van der Waals surface area contributed by atoms with E-state index in [1.807, 2.05) is 4.58 Å². The Labute approximate surface area is 85.4 Å². The Morgan fingerprint density at radius 3 is 1.50 bits per heavy atom. The zero-order chi connectivity index (χ0) is 9.72. The Balaban J connectivity index is 4.17. The molecule has 72 valence electrons. The molecular weight excluding hydrogens is 193 g/mol. The Hall–Kier alpha value is 0.250.